The number of carbonyl (C=O) groups excluding carboxylic acids is 1. The number of methoxy groups -OCH3 is 2. The van der Waals surface area contributed by atoms with Crippen molar-refractivity contribution in [2.45, 2.75) is 30.3 Å². The first kappa shape index (κ1) is 28.6. The summed E-state index contributed by atoms with van der Waals surface area (Å²) < 4.78 is 78.5. The van der Waals surface area contributed by atoms with E-state index in [1.54, 1.807) is 12.0 Å². The van der Waals surface area contributed by atoms with Gasteiger partial charge in [-0.1, -0.05) is 13.8 Å². The predicted octanol–water partition coefficient (Wildman–Crippen LogP) is 3.65. The van der Waals surface area contributed by atoms with E-state index in [4.69, 9.17) is 9.47 Å². The molecule has 2 aromatic carbocycles. The third kappa shape index (κ3) is 5.93. The summed E-state index contributed by atoms with van der Waals surface area (Å²) in [6.45, 7) is 3.83. The van der Waals surface area contributed by atoms with Gasteiger partial charge in [0.2, 0.25) is 10.0 Å². The lowest BCUT2D eigenvalue weighted by atomic mass is 9.84. The van der Waals surface area contributed by atoms with Gasteiger partial charge in [-0.3, -0.25) is 4.79 Å². The van der Waals surface area contributed by atoms with E-state index < -0.39 is 27.5 Å². The zero-order valence-electron chi connectivity index (χ0n) is 22.1. The molecule has 0 bridgehead atoms. The molecule has 1 aliphatic heterocycles. The highest BCUT2D eigenvalue weighted by atomic mass is 32.2. The van der Waals surface area contributed by atoms with Gasteiger partial charge in [0.05, 0.1) is 24.8 Å². The number of benzene rings is 2. The molecule has 4 rings (SSSR count). The highest BCUT2D eigenvalue weighted by molar-refractivity contribution is 7.89. The van der Waals surface area contributed by atoms with Gasteiger partial charge in [0.15, 0.2) is 0 Å². The first-order valence-corrected chi connectivity index (χ1v) is 13.7. The van der Waals surface area contributed by atoms with Gasteiger partial charge in [-0.15, -0.1) is 0 Å². The van der Waals surface area contributed by atoms with Gasteiger partial charge in [-0.2, -0.15) is 13.2 Å². The Bertz CT molecular complexity index is 1460. The quantitative estimate of drug-likeness (QED) is 0.430. The summed E-state index contributed by atoms with van der Waals surface area (Å²) in [5, 5.41) is 0.924. The summed E-state index contributed by atoms with van der Waals surface area (Å²) in [6, 6.07) is 10.00. The Morgan fingerprint density at radius 1 is 1.03 bits per heavy atom. The van der Waals surface area contributed by atoms with Crippen LogP contribution < -0.4 is 19.1 Å². The molecule has 1 saturated heterocycles. The van der Waals surface area contributed by atoms with E-state index >= 15 is 0 Å². The van der Waals surface area contributed by atoms with Gasteiger partial charge < -0.3 is 24.3 Å². The third-order valence-corrected chi connectivity index (χ3v) is 8.33. The molecule has 0 radical (unpaired) electrons. The van der Waals surface area contributed by atoms with Crippen LogP contribution in [0.15, 0.2) is 47.5 Å². The van der Waals surface area contributed by atoms with Crippen molar-refractivity contribution in [2.75, 3.05) is 51.8 Å². The summed E-state index contributed by atoms with van der Waals surface area (Å²) in [5.74, 6) is -0.822. The van der Waals surface area contributed by atoms with E-state index in [2.05, 4.69) is 9.71 Å². The van der Waals surface area contributed by atoms with Crippen LogP contribution in [0.1, 0.15) is 19.4 Å². The lowest BCUT2D eigenvalue weighted by Gasteiger charge is -2.37. The number of anilines is 1. The van der Waals surface area contributed by atoms with Gasteiger partial charge in [-0.25, -0.2) is 13.1 Å². The van der Waals surface area contributed by atoms with Gasteiger partial charge >= 0.3 is 12.1 Å². The predicted molar refractivity (Wildman–Crippen MR) is 141 cm³/mol. The lowest BCUT2D eigenvalue weighted by molar-refractivity contribution is -0.185. The van der Waals surface area contributed by atoms with Crippen LogP contribution in [0.3, 0.4) is 0 Å². The van der Waals surface area contributed by atoms with Crippen LogP contribution in [0, 0.1) is 0 Å². The average Bonchev–Trinajstić information content (AvgIpc) is 3.35. The molecule has 1 amide bonds. The maximum atomic E-state index is 13.3. The van der Waals surface area contributed by atoms with Crippen molar-refractivity contribution in [1.82, 2.24) is 14.6 Å². The summed E-state index contributed by atoms with van der Waals surface area (Å²) in [7, 11) is -0.956. The van der Waals surface area contributed by atoms with Crippen molar-refractivity contribution < 1.29 is 35.9 Å². The molecule has 2 N–H and O–H groups in total. The molecule has 0 aliphatic carbocycles. The third-order valence-electron chi connectivity index (χ3n) is 6.93. The second-order valence-corrected chi connectivity index (χ2v) is 11.7. The minimum Gasteiger partial charge on any atom is -0.497 e. The number of H-pyrrole nitrogens is 1. The van der Waals surface area contributed by atoms with Crippen LogP contribution >= 0.6 is 0 Å². The number of carbonyl (C=O) groups is 1. The number of nitrogens with one attached hydrogen (secondary N) is 2. The number of fused-ring (bicyclic) bond motifs is 1. The summed E-state index contributed by atoms with van der Waals surface area (Å²) in [4.78, 5) is 17.2. The second kappa shape index (κ2) is 10.6. The van der Waals surface area contributed by atoms with E-state index in [-0.39, 0.29) is 37.6 Å². The normalized spacial score (nSPS) is 15.1. The van der Waals surface area contributed by atoms with Crippen molar-refractivity contribution >= 4 is 32.5 Å². The van der Waals surface area contributed by atoms with Crippen LogP contribution in [0.5, 0.6) is 11.5 Å². The van der Waals surface area contributed by atoms with Crippen molar-refractivity contribution in [2.24, 2.45) is 0 Å². The number of amides is 1. The number of hydrogen-bond donors (Lipinski definition) is 2. The highest BCUT2D eigenvalue weighted by Crippen LogP contribution is 2.34. The molecule has 1 aliphatic rings. The largest absolute Gasteiger partial charge is 0.497 e. The maximum absolute atomic E-state index is 13.3. The Hall–Kier alpha value is -3.45. The van der Waals surface area contributed by atoms with Gasteiger partial charge in [0.1, 0.15) is 11.5 Å². The Morgan fingerprint density at radius 3 is 2.33 bits per heavy atom. The molecule has 0 atom stereocenters. The van der Waals surface area contributed by atoms with E-state index in [1.807, 2.05) is 38.2 Å². The first-order valence-electron chi connectivity index (χ1n) is 12.2. The van der Waals surface area contributed by atoms with Crippen LogP contribution in [-0.2, 0) is 20.2 Å². The zero-order valence-corrected chi connectivity index (χ0v) is 22.9. The van der Waals surface area contributed by atoms with Crippen molar-refractivity contribution in [1.29, 1.82) is 0 Å². The van der Waals surface area contributed by atoms with Crippen molar-refractivity contribution in [3.05, 3.63) is 48.2 Å². The number of aromatic nitrogens is 1. The van der Waals surface area contributed by atoms with Crippen LogP contribution in [0.25, 0.3) is 10.9 Å². The van der Waals surface area contributed by atoms with Crippen LogP contribution in [0.2, 0.25) is 0 Å². The number of aromatic amines is 1. The fourth-order valence-electron chi connectivity index (χ4n) is 4.65. The summed E-state index contributed by atoms with van der Waals surface area (Å²) in [6.07, 6.45) is -3.08. The number of ether oxygens (including phenoxy) is 2. The van der Waals surface area contributed by atoms with Gasteiger partial charge in [0.25, 0.3) is 0 Å². The smallest absolute Gasteiger partial charge is 0.471 e. The standard InChI is InChI=1S/C26H31F3N4O5S/c1-25(2,20-15-30-21-7-5-17(37-3)13-19(20)21)16-31-39(35,36)18-6-8-23(38-4)22(14-18)32-9-11-33(12-10-32)24(34)26(27,28)29/h5-8,13-15,30-31H,9-12,16H2,1-4H3. The maximum Gasteiger partial charge on any atom is 0.471 e. The Morgan fingerprint density at radius 2 is 1.72 bits per heavy atom. The van der Waals surface area contributed by atoms with Crippen LogP contribution in [0.4, 0.5) is 18.9 Å². The molecule has 13 heteroatoms. The molecule has 0 unspecified atom stereocenters. The molecule has 0 saturated carbocycles. The minimum absolute atomic E-state index is 0.0107. The van der Waals surface area contributed by atoms with Gasteiger partial charge in [0, 0.05) is 55.2 Å². The fourth-order valence-corrected chi connectivity index (χ4v) is 5.89. The number of hydrogen-bond acceptors (Lipinski definition) is 6. The topological polar surface area (TPSA) is 104 Å². The number of piperazine rings is 1. The van der Waals surface area contributed by atoms with E-state index in [9.17, 15) is 26.4 Å². The SMILES string of the molecule is COc1ccc2[nH]cc(C(C)(C)CNS(=O)(=O)c3ccc(OC)c(N4CCN(C(=O)C(F)(F)F)CC4)c3)c2c1. The molecule has 0 spiro atoms. The van der Waals surface area contributed by atoms with Crippen molar-refractivity contribution in [3.8, 4) is 11.5 Å². The molecular formula is C26H31F3N4O5S. The first-order chi connectivity index (χ1) is 18.3. The Kier molecular flexibility index (Phi) is 7.77. The molecule has 212 valence electrons. The monoisotopic (exact) mass is 568 g/mol. The highest BCUT2D eigenvalue weighted by Gasteiger charge is 2.43. The Labute approximate surface area is 224 Å². The zero-order chi connectivity index (χ0) is 28.6. The average molecular weight is 569 g/mol. The number of nitrogens with zero attached hydrogens (tertiary/aromatic N) is 2. The molecule has 1 fully saturated rings. The molecule has 9 nitrogen and oxygen atoms in total. The van der Waals surface area contributed by atoms with Crippen LogP contribution in [-0.4, -0.2) is 77.3 Å². The fraction of sp³-hybridized carbons (Fsp3) is 0.423. The molecule has 1 aromatic heterocycles. The number of alkyl halides is 3. The molecular weight excluding hydrogens is 537 g/mol. The minimum atomic E-state index is -4.94. The van der Waals surface area contributed by atoms with Crippen molar-refractivity contribution in [3.63, 3.8) is 0 Å². The number of sulfonamides is 1. The van der Waals surface area contributed by atoms with Gasteiger partial charge in [-0.05, 0) is 42.0 Å². The number of rotatable bonds is 8. The van der Waals surface area contributed by atoms with E-state index in [1.165, 1.54) is 25.3 Å². The van der Waals surface area contributed by atoms with E-state index in [0.29, 0.717) is 17.2 Å². The summed E-state index contributed by atoms with van der Waals surface area (Å²) >= 11 is 0. The molecule has 39 heavy (non-hydrogen) atoms. The Balaban J connectivity index is 1.52. The lowest BCUT2D eigenvalue weighted by Crippen LogP contribution is -2.52. The molecule has 3 aromatic rings. The number of halogens is 3. The second-order valence-electron chi connectivity index (χ2n) is 9.93. The molecule has 2 heterocycles. The summed E-state index contributed by atoms with van der Waals surface area (Å²) in [5.41, 5.74) is 1.65. The van der Waals surface area contributed by atoms with E-state index in [0.717, 1.165) is 21.4 Å².